The zero-order valence-electron chi connectivity index (χ0n) is 38.0. The van der Waals surface area contributed by atoms with Gasteiger partial charge in [-0.1, -0.05) is 113 Å². The number of aromatic nitrogens is 4. The quantitative estimate of drug-likeness (QED) is 0.101. The van der Waals surface area contributed by atoms with Gasteiger partial charge in [-0.15, -0.1) is 0 Å². The first-order chi connectivity index (χ1) is 30.4. The molecule has 0 spiro atoms. The Bertz CT molecular complexity index is 2540. The van der Waals surface area contributed by atoms with E-state index in [4.69, 9.17) is 42.6 Å². The van der Waals surface area contributed by atoms with Gasteiger partial charge in [0.25, 0.3) is 0 Å². The highest BCUT2D eigenvalue weighted by atomic mass is 35.5. The van der Waals surface area contributed by atoms with Crippen LogP contribution in [-0.2, 0) is 19.1 Å². The van der Waals surface area contributed by atoms with E-state index in [1.807, 2.05) is 81.7 Å². The Balaban J connectivity index is 1.09. The highest BCUT2D eigenvalue weighted by Crippen LogP contribution is 2.43. The molecule has 16 heteroatoms. The predicted molar refractivity (Wildman–Crippen MR) is 249 cm³/mol. The lowest BCUT2D eigenvalue weighted by Gasteiger charge is -2.33. The van der Waals surface area contributed by atoms with E-state index < -0.39 is 24.3 Å². The van der Waals surface area contributed by atoms with Gasteiger partial charge >= 0.3 is 12.2 Å². The molecule has 3 aromatic carbocycles. The molecule has 2 aromatic heterocycles. The minimum Gasteiger partial charge on any atom is -0.453 e. The molecule has 14 nitrogen and oxygen atoms in total. The van der Waals surface area contributed by atoms with Crippen LogP contribution in [0.2, 0.25) is 10.3 Å². The van der Waals surface area contributed by atoms with Crippen LogP contribution in [0.1, 0.15) is 92.0 Å². The molecule has 64 heavy (non-hydrogen) atoms. The summed E-state index contributed by atoms with van der Waals surface area (Å²) in [6, 6.07) is 18.1. The highest BCUT2D eigenvalue weighted by Gasteiger charge is 2.46. The van der Waals surface area contributed by atoms with Crippen LogP contribution in [0.3, 0.4) is 0 Å². The number of methoxy groups -OCH3 is 2. The minimum absolute atomic E-state index is 0.0861. The number of halogens is 2. The summed E-state index contributed by atoms with van der Waals surface area (Å²) in [6.07, 6.45) is 0.0749. The van der Waals surface area contributed by atoms with Crippen molar-refractivity contribution in [2.24, 2.45) is 23.7 Å². The Morgan fingerprint density at radius 1 is 0.609 bits per heavy atom. The second kappa shape index (κ2) is 18.9. The fourth-order valence-electron chi connectivity index (χ4n) is 9.20. The van der Waals surface area contributed by atoms with Gasteiger partial charge in [0.15, 0.2) is 10.3 Å². The molecule has 4 N–H and O–H groups in total. The van der Waals surface area contributed by atoms with Gasteiger partial charge in [-0.3, -0.25) is 9.59 Å². The van der Waals surface area contributed by atoms with E-state index in [0.717, 1.165) is 33.0 Å². The van der Waals surface area contributed by atoms with Crippen molar-refractivity contribution in [2.45, 2.75) is 104 Å². The summed E-state index contributed by atoms with van der Waals surface area (Å²) in [5.74, 6) is 0.878. The Morgan fingerprint density at radius 3 is 1.41 bits per heavy atom. The zero-order chi connectivity index (χ0) is 46.3. The largest absolute Gasteiger partial charge is 0.453 e. The second-order valence-electron chi connectivity index (χ2n) is 18.1. The number of fused-ring (bicyclic) bond motifs is 1. The number of aromatic amines is 2. The first kappa shape index (κ1) is 46.4. The van der Waals surface area contributed by atoms with E-state index in [-0.39, 0.29) is 59.7 Å². The number of carbonyl (C=O) groups excluding carboxylic acids is 4. The number of hydrogen-bond donors (Lipinski definition) is 4. The maximum Gasteiger partial charge on any atom is 0.407 e. The SMILES string of the molecule is COC(=O)N[C@H](C(=O)N1[C@H](C)[C@H](C)C[C@H]1c1nc(Cl)c(-c2ccc(-c3ccc4cc(-c5[nH]c([C@@H]6C[C@@H](C)[C@@H](C)N6C(=O)[C@@H](NC(=O)OC)C(C)C)nc5Cl)ccc4c3)cc2)[nH]1)C(C)C. The molecule has 7 rings (SSSR count). The predicted octanol–water partition coefficient (Wildman–Crippen LogP) is 9.95. The first-order valence-corrected chi connectivity index (χ1v) is 22.7. The van der Waals surface area contributed by atoms with Crippen LogP contribution < -0.4 is 10.6 Å². The lowest BCUT2D eigenvalue weighted by atomic mass is 9.98. The van der Waals surface area contributed by atoms with E-state index in [1.54, 1.807) is 0 Å². The van der Waals surface area contributed by atoms with Crippen molar-refractivity contribution in [3.05, 3.63) is 82.6 Å². The number of amides is 4. The molecule has 0 bridgehead atoms. The van der Waals surface area contributed by atoms with Crippen LogP contribution in [0.5, 0.6) is 0 Å². The number of rotatable bonds is 11. The first-order valence-electron chi connectivity index (χ1n) is 21.9. The minimum atomic E-state index is -0.760. The molecule has 0 saturated carbocycles. The van der Waals surface area contributed by atoms with E-state index in [2.05, 4.69) is 64.8 Å². The van der Waals surface area contributed by atoms with Gasteiger partial charge in [0.05, 0.1) is 37.7 Å². The van der Waals surface area contributed by atoms with Crippen LogP contribution in [0, 0.1) is 23.7 Å². The molecular weight excluding hydrogens is 855 g/mol. The molecule has 2 saturated heterocycles. The van der Waals surface area contributed by atoms with Crippen LogP contribution in [-0.4, -0.2) is 92.1 Å². The monoisotopic (exact) mass is 912 g/mol. The van der Waals surface area contributed by atoms with Crippen LogP contribution in [0.15, 0.2) is 60.7 Å². The molecule has 2 fully saturated rings. The molecule has 0 radical (unpaired) electrons. The maximum absolute atomic E-state index is 14.0. The third-order valence-corrected chi connectivity index (χ3v) is 13.8. The van der Waals surface area contributed by atoms with Gasteiger partial charge in [0.2, 0.25) is 11.8 Å². The molecule has 2 aliphatic rings. The number of benzene rings is 3. The summed E-state index contributed by atoms with van der Waals surface area (Å²) in [5.41, 5.74) is 5.08. The fourth-order valence-corrected chi connectivity index (χ4v) is 9.70. The molecule has 4 heterocycles. The number of ether oxygens (including phenoxy) is 2. The third-order valence-electron chi connectivity index (χ3n) is 13.3. The van der Waals surface area contributed by atoms with Crippen molar-refractivity contribution >= 4 is 58.0 Å². The number of carbonyl (C=O) groups is 4. The highest BCUT2D eigenvalue weighted by molar-refractivity contribution is 6.32. The summed E-state index contributed by atoms with van der Waals surface area (Å²) in [7, 11) is 2.56. The Morgan fingerprint density at radius 2 is 0.984 bits per heavy atom. The normalized spacial score (nSPS) is 22.0. The van der Waals surface area contributed by atoms with Crippen molar-refractivity contribution in [1.29, 1.82) is 0 Å². The van der Waals surface area contributed by atoms with Crippen LogP contribution in [0.4, 0.5) is 9.59 Å². The number of nitrogens with one attached hydrogen (secondary N) is 4. The van der Waals surface area contributed by atoms with Gasteiger partial charge in [-0.2, -0.15) is 0 Å². The Hall–Kier alpha value is -5.60. The van der Waals surface area contributed by atoms with Crippen LogP contribution in [0.25, 0.3) is 44.4 Å². The lowest BCUT2D eigenvalue weighted by molar-refractivity contribution is -0.138. The molecule has 5 aromatic rings. The maximum atomic E-state index is 14.0. The van der Waals surface area contributed by atoms with Gasteiger partial charge in [0, 0.05) is 23.2 Å². The topological polar surface area (TPSA) is 175 Å². The Kier molecular flexibility index (Phi) is 13.7. The van der Waals surface area contributed by atoms with Gasteiger partial charge in [-0.05, 0) is 84.4 Å². The standard InChI is InChI=1S/C48H58Cl2N8O6/c1-23(2)37(53-47(61)63-9)45(59)57-27(7)25(5)19-35(57)43-51-39(41(49)55-43)30-13-11-29(12-14-30)31-15-16-33-22-34(18-17-32(33)21-31)40-42(50)56-44(52-40)36-20-26(6)28(8)58(36)46(60)38(24(3)4)54-48(62)64-10/h11-18,21-28,35-38H,19-20H2,1-10H3,(H,51,55)(H,52,56)(H,53,61)(H,54,62)/t25-,26-,27-,28-,35+,36+,37+,38+/m1/s1. The number of imidazole rings is 2. The Labute approximate surface area is 384 Å². The number of nitrogens with zero attached hydrogens (tertiary/aromatic N) is 4. The number of alkyl carbamates (subject to hydrolysis) is 2. The van der Waals surface area contributed by atoms with E-state index in [1.165, 1.54) is 14.2 Å². The van der Waals surface area contributed by atoms with Crippen molar-refractivity contribution in [1.82, 2.24) is 40.4 Å². The van der Waals surface area contributed by atoms with Gasteiger partial charge < -0.3 is 39.9 Å². The molecule has 8 atom stereocenters. The lowest BCUT2D eigenvalue weighted by Crippen LogP contribution is -2.53. The second-order valence-corrected chi connectivity index (χ2v) is 18.8. The summed E-state index contributed by atoms with van der Waals surface area (Å²) in [5, 5.41) is 8.12. The van der Waals surface area contributed by atoms with E-state index in [9.17, 15) is 19.2 Å². The average Bonchev–Trinajstić information content (AvgIpc) is 4.02. The molecule has 2 aliphatic heterocycles. The van der Waals surface area contributed by atoms with Crippen molar-refractivity contribution in [3.8, 4) is 33.6 Å². The molecule has 340 valence electrons. The molecule has 0 aliphatic carbocycles. The average molecular weight is 914 g/mol. The van der Waals surface area contributed by atoms with E-state index >= 15 is 0 Å². The van der Waals surface area contributed by atoms with Crippen molar-refractivity contribution in [2.75, 3.05) is 14.2 Å². The molecular formula is C48H58Cl2N8O6. The smallest absolute Gasteiger partial charge is 0.407 e. The molecule has 0 unspecified atom stereocenters. The molecule has 4 amide bonds. The summed E-state index contributed by atoms with van der Waals surface area (Å²) in [6.45, 7) is 15.8. The number of hydrogen-bond acceptors (Lipinski definition) is 8. The number of H-pyrrole nitrogens is 2. The van der Waals surface area contributed by atoms with Crippen molar-refractivity contribution in [3.63, 3.8) is 0 Å². The van der Waals surface area contributed by atoms with Crippen LogP contribution >= 0.6 is 23.2 Å². The number of likely N-dealkylation sites (tertiary alicyclic amines) is 2. The summed E-state index contributed by atoms with van der Waals surface area (Å²) in [4.78, 5) is 72.3. The van der Waals surface area contributed by atoms with E-state index in [0.29, 0.717) is 46.2 Å². The third kappa shape index (κ3) is 9.04. The van der Waals surface area contributed by atoms with Gasteiger partial charge in [0.1, 0.15) is 23.7 Å². The summed E-state index contributed by atoms with van der Waals surface area (Å²) >= 11 is 13.6. The zero-order valence-corrected chi connectivity index (χ0v) is 39.5. The summed E-state index contributed by atoms with van der Waals surface area (Å²) < 4.78 is 9.63. The van der Waals surface area contributed by atoms with Crippen molar-refractivity contribution < 1.29 is 28.7 Å². The fraction of sp³-hybridized carbons (Fsp3) is 0.458. The van der Waals surface area contributed by atoms with Gasteiger partial charge in [-0.25, -0.2) is 19.6 Å².